The summed E-state index contributed by atoms with van der Waals surface area (Å²) in [7, 11) is 0. The molecule has 0 spiro atoms. The number of carbonyl (C=O) groups excluding carboxylic acids is 2. The van der Waals surface area contributed by atoms with Crippen LogP contribution >= 0.6 is 11.3 Å². The molecule has 0 aliphatic heterocycles. The second-order valence-corrected chi connectivity index (χ2v) is 10.9. The van der Waals surface area contributed by atoms with Crippen molar-refractivity contribution in [1.82, 2.24) is 9.88 Å². The number of aromatic nitrogens is 1. The van der Waals surface area contributed by atoms with Crippen LogP contribution in [0.25, 0.3) is 10.2 Å². The lowest BCUT2D eigenvalue weighted by molar-refractivity contribution is -0.255. The van der Waals surface area contributed by atoms with Gasteiger partial charge in [-0.15, -0.1) is 11.3 Å². The Morgan fingerprint density at radius 1 is 1.19 bits per heavy atom. The van der Waals surface area contributed by atoms with Crippen molar-refractivity contribution in [3.8, 4) is 0 Å². The third kappa shape index (κ3) is 4.36. The van der Waals surface area contributed by atoms with E-state index >= 15 is 0 Å². The minimum Gasteiger partial charge on any atom is -0.545 e. The van der Waals surface area contributed by atoms with Crippen molar-refractivity contribution in [2.45, 2.75) is 44.9 Å². The maximum absolute atomic E-state index is 13.5. The van der Waals surface area contributed by atoms with Gasteiger partial charge in [0.05, 0.1) is 32.9 Å². The number of nitrogens with zero attached hydrogens (tertiary/aromatic N) is 1. The Morgan fingerprint density at radius 3 is 2.47 bits per heavy atom. The second-order valence-electron chi connectivity index (χ2n) is 9.62. The number of rotatable bonds is 6. The fourth-order valence-corrected chi connectivity index (χ4v) is 5.99. The van der Waals surface area contributed by atoms with Crippen molar-refractivity contribution < 1.29 is 27.9 Å². The molecule has 1 aromatic carbocycles. The van der Waals surface area contributed by atoms with Gasteiger partial charge in [-0.25, -0.2) is 0 Å². The van der Waals surface area contributed by atoms with Crippen LogP contribution in [0.15, 0.2) is 60.3 Å². The maximum atomic E-state index is 13.5. The van der Waals surface area contributed by atoms with E-state index in [4.69, 9.17) is 0 Å². The third-order valence-electron chi connectivity index (χ3n) is 7.16. The number of allylic oxidation sites excluding steroid dienone is 4. The lowest BCUT2D eigenvalue weighted by Gasteiger charge is -2.25. The number of amides is 1. The topological polar surface area (TPSA) is 74.2 Å². The van der Waals surface area contributed by atoms with E-state index in [0.29, 0.717) is 12.1 Å². The summed E-state index contributed by atoms with van der Waals surface area (Å²) >= 11 is 1.51. The SMILES string of the molecule is Cc1sc2ccn(CC3C=CC(C(F)(F)F)=CC3C)c2c1C(=O)NC1(c2ccc(C(=O)[O-])cc2)CC1. The molecule has 2 heterocycles. The predicted octanol–water partition coefficient (Wildman–Crippen LogP) is 5.10. The number of alkyl halides is 3. The molecule has 36 heavy (non-hydrogen) atoms. The first-order valence-electron chi connectivity index (χ1n) is 11.7. The van der Waals surface area contributed by atoms with Gasteiger partial charge in [0.15, 0.2) is 0 Å². The van der Waals surface area contributed by atoms with Crippen molar-refractivity contribution in [1.29, 1.82) is 0 Å². The Labute approximate surface area is 209 Å². The Morgan fingerprint density at radius 2 is 1.89 bits per heavy atom. The number of nitrogens with one attached hydrogen (secondary N) is 1. The zero-order chi connectivity index (χ0) is 25.8. The smallest absolute Gasteiger partial charge is 0.416 e. The van der Waals surface area contributed by atoms with Crippen LogP contribution in [0.1, 0.15) is 50.9 Å². The van der Waals surface area contributed by atoms with Gasteiger partial charge < -0.3 is 19.8 Å². The zero-order valence-corrected chi connectivity index (χ0v) is 20.5. The van der Waals surface area contributed by atoms with E-state index in [9.17, 15) is 27.9 Å². The summed E-state index contributed by atoms with van der Waals surface area (Å²) in [6, 6.07) is 8.30. The molecular weight excluding hydrogens is 489 g/mol. The minimum atomic E-state index is -4.37. The Hall–Kier alpha value is -3.33. The van der Waals surface area contributed by atoms with Crippen LogP contribution in [0.3, 0.4) is 0 Å². The molecule has 2 aliphatic rings. The van der Waals surface area contributed by atoms with Gasteiger partial charge in [0.2, 0.25) is 0 Å². The molecule has 3 aromatic rings. The van der Waals surface area contributed by atoms with Crippen LogP contribution in [-0.2, 0) is 12.1 Å². The number of thiophene rings is 1. The van der Waals surface area contributed by atoms with E-state index in [1.54, 1.807) is 25.1 Å². The van der Waals surface area contributed by atoms with Gasteiger partial charge >= 0.3 is 6.18 Å². The number of carboxylic acid groups (broad SMARTS) is 1. The fourth-order valence-electron chi connectivity index (χ4n) is 4.93. The lowest BCUT2D eigenvalue weighted by atomic mass is 9.86. The summed E-state index contributed by atoms with van der Waals surface area (Å²) in [5.41, 5.74) is 1.10. The molecule has 2 unspecified atom stereocenters. The van der Waals surface area contributed by atoms with Gasteiger partial charge in [-0.2, -0.15) is 13.2 Å². The molecule has 1 saturated carbocycles. The number of fused-ring (bicyclic) bond motifs is 1. The normalized spacial score (nSPS) is 20.9. The van der Waals surface area contributed by atoms with E-state index in [-0.39, 0.29) is 23.3 Å². The number of aromatic carboxylic acids is 1. The number of aryl methyl sites for hydroxylation is 1. The molecule has 2 aromatic heterocycles. The molecule has 9 heteroatoms. The first-order valence-corrected chi connectivity index (χ1v) is 12.5. The molecule has 5 rings (SSSR count). The average molecular weight is 514 g/mol. The molecule has 2 aliphatic carbocycles. The van der Waals surface area contributed by atoms with Crippen LogP contribution in [0.5, 0.6) is 0 Å². The van der Waals surface area contributed by atoms with Crippen LogP contribution < -0.4 is 10.4 Å². The molecule has 5 nitrogen and oxygen atoms in total. The second kappa shape index (κ2) is 8.65. The fraction of sp³-hybridized carbons (Fsp3) is 0.333. The van der Waals surface area contributed by atoms with Crippen molar-refractivity contribution >= 4 is 33.4 Å². The number of benzene rings is 1. The van der Waals surface area contributed by atoms with Gasteiger partial charge in [0.1, 0.15) is 0 Å². The van der Waals surface area contributed by atoms with E-state index < -0.39 is 23.3 Å². The first-order chi connectivity index (χ1) is 17.0. The number of hydrogen-bond acceptors (Lipinski definition) is 4. The van der Waals surface area contributed by atoms with Crippen LogP contribution in [0.4, 0.5) is 13.2 Å². The summed E-state index contributed by atoms with van der Waals surface area (Å²) in [6.07, 6.45) is 3.01. The van der Waals surface area contributed by atoms with Gasteiger partial charge in [-0.3, -0.25) is 4.79 Å². The molecule has 1 amide bonds. The number of halogens is 3. The first kappa shape index (κ1) is 24.4. The van der Waals surface area contributed by atoms with Crippen molar-refractivity contribution in [2.24, 2.45) is 11.8 Å². The molecule has 1 fully saturated rings. The standard InChI is InChI=1S/C27H25F3N2O3S/c1-15-13-20(27(28,29)30)8-5-18(15)14-32-12-9-21-23(32)22(16(2)36-21)24(33)31-26(10-11-26)19-6-3-17(4-7-19)25(34)35/h3-9,12-13,15,18H,10-11,14H2,1-2H3,(H,31,33)(H,34,35)/p-1. The number of carboxylic acids is 1. The Balaban J connectivity index is 1.39. The molecule has 0 saturated heterocycles. The number of carbonyl (C=O) groups is 2. The zero-order valence-electron chi connectivity index (χ0n) is 19.7. The van der Waals surface area contributed by atoms with Crippen LogP contribution in [-0.4, -0.2) is 22.6 Å². The van der Waals surface area contributed by atoms with Gasteiger partial charge in [0, 0.05) is 23.5 Å². The van der Waals surface area contributed by atoms with Crippen molar-refractivity contribution in [2.75, 3.05) is 0 Å². The molecule has 188 valence electrons. The third-order valence-corrected chi connectivity index (χ3v) is 8.22. The predicted molar refractivity (Wildman–Crippen MR) is 130 cm³/mol. The maximum Gasteiger partial charge on any atom is 0.416 e. The van der Waals surface area contributed by atoms with Crippen molar-refractivity contribution in [3.63, 3.8) is 0 Å². The van der Waals surface area contributed by atoms with E-state index in [1.165, 1.54) is 29.5 Å². The van der Waals surface area contributed by atoms with E-state index in [0.717, 1.165) is 39.6 Å². The van der Waals surface area contributed by atoms with Crippen LogP contribution in [0.2, 0.25) is 0 Å². The van der Waals surface area contributed by atoms with Gasteiger partial charge in [-0.05, 0) is 42.9 Å². The average Bonchev–Trinajstić information content (AvgIpc) is 3.38. The summed E-state index contributed by atoms with van der Waals surface area (Å²) in [5, 5.41) is 14.2. The molecule has 2 atom stereocenters. The quantitative estimate of drug-likeness (QED) is 0.498. The monoisotopic (exact) mass is 513 g/mol. The molecule has 1 N–H and O–H groups in total. The van der Waals surface area contributed by atoms with E-state index in [1.807, 2.05) is 23.8 Å². The summed E-state index contributed by atoms with van der Waals surface area (Å²) in [6.45, 7) is 4.12. The summed E-state index contributed by atoms with van der Waals surface area (Å²) < 4.78 is 42.2. The largest absolute Gasteiger partial charge is 0.545 e. The minimum absolute atomic E-state index is 0.0808. The Kier molecular flexibility index (Phi) is 5.86. The molecular formula is C27H24F3N2O3S-. The molecule has 0 bridgehead atoms. The summed E-state index contributed by atoms with van der Waals surface area (Å²) in [4.78, 5) is 25.5. The number of hydrogen-bond donors (Lipinski definition) is 1. The highest BCUT2D eigenvalue weighted by molar-refractivity contribution is 7.19. The van der Waals surface area contributed by atoms with Crippen molar-refractivity contribution in [3.05, 3.63) is 81.9 Å². The Bertz CT molecular complexity index is 1410. The van der Waals surface area contributed by atoms with E-state index in [2.05, 4.69) is 5.32 Å². The highest BCUT2D eigenvalue weighted by Gasteiger charge is 2.46. The highest BCUT2D eigenvalue weighted by atomic mass is 32.1. The van der Waals surface area contributed by atoms with Gasteiger partial charge in [0.25, 0.3) is 5.91 Å². The van der Waals surface area contributed by atoms with Crippen LogP contribution in [0, 0.1) is 18.8 Å². The molecule has 0 radical (unpaired) electrons. The highest BCUT2D eigenvalue weighted by Crippen LogP contribution is 2.46. The van der Waals surface area contributed by atoms with Gasteiger partial charge in [-0.1, -0.05) is 49.4 Å². The summed E-state index contributed by atoms with van der Waals surface area (Å²) in [5.74, 6) is -1.91. The lowest BCUT2D eigenvalue weighted by Crippen LogP contribution is -2.35.